The summed E-state index contributed by atoms with van der Waals surface area (Å²) in [7, 11) is -3.32. The van der Waals surface area contributed by atoms with Crippen LogP contribution in [0.25, 0.3) is 0 Å². The summed E-state index contributed by atoms with van der Waals surface area (Å²) in [6, 6.07) is 8.79. The largest absolute Gasteiger partial charge is 0.301 e. The molecular weight excluding hydrogens is 356 g/mol. The lowest BCUT2D eigenvalue weighted by Crippen LogP contribution is -2.48. The van der Waals surface area contributed by atoms with Crippen LogP contribution in [0.2, 0.25) is 0 Å². The first-order chi connectivity index (χ1) is 13.1. The number of benzene rings is 1. The number of unbranched alkanes of at least 4 members (excludes halogenated alkanes) is 9. The standard InChI is InChI=1S/C22H38N2O2S/c1-2-3-4-5-6-7-8-9-10-14-17-23-18-20-24(21-19-23)27(25,26)22-15-12-11-13-16-22/h11-13,15-16H,2-10,14,17-21H2,1H3. The van der Waals surface area contributed by atoms with E-state index in [2.05, 4.69) is 11.8 Å². The highest BCUT2D eigenvalue weighted by Gasteiger charge is 2.27. The quantitative estimate of drug-likeness (QED) is 0.446. The topological polar surface area (TPSA) is 40.6 Å². The molecule has 0 N–H and O–H groups in total. The van der Waals surface area contributed by atoms with Crippen molar-refractivity contribution in [2.24, 2.45) is 0 Å². The summed E-state index contributed by atoms with van der Waals surface area (Å²) >= 11 is 0. The van der Waals surface area contributed by atoms with E-state index in [0.717, 1.165) is 19.6 Å². The summed E-state index contributed by atoms with van der Waals surface area (Å²) in [5.74, 6) is 0. The number of rotatable bonds is 13. The van der Waals surface area contributed by atoms with E-state index in [1.54, 1.807) is 28.6 Å². The molecule has 0 radical (unpaired) electrons. The number of hydrogen-bond acceptors (Lipinski definition) is 3. The molecule has 1 fully saturated rings. The third kappa shape index (κ3) is 7.92. The summed E-state index contributed by atoms with van der Waals surface area (Å²) in [4.78, 5) is 2.83. The SMILES string of the molecule is CCCCCCCCCCCCN1CCN(S(=O)(=O)c2ccccc2)CC1. The molecule has 0 spiro atoms. The summed E-state index contributed by atoms with van der Waals surface area (Å²) < 4.78 is 26.9. The van der Waals surface area contributed by atoms with Crippen molar-refractivity contribution in [3.63, 3.8) is 0 Å². The predicted molar refractivity (Wildman–Crippen MR) is 113 cm³/mol. The monoisotopic (exact) mass is 394 g/mol. The van der Waals surface area contributed by atoms with Crippen molar-refractivity contribution >= 4 is 10.0 Å². The van der Waals surface area contributed by atoms with Crippen LogP contribution in [0.15, 0.2) is 35.2 Å². The van der Waals surface area contributed by atoms with Gasteiger partial charge in [-0.05, 0) is 25.1 Å². The van der Waals surface area contributed by atoms with Gasteiger partial charge in [0.05, 0.1) is 4.90 Å². The third-order valence-corrected chi connectivity index (χ3v) is 7.45. The van der Waals surface area contributed by atoms with Gasteiger partial charge in [0.15, 0.2) is 0 Å². The maximum absolute atomic E-state index is 12.6. The van der Waals surface area contributed by atoms with Gasteiger partial charge in [0, 0.05) is 26.2 Å². The average molecular weight is 395 g/mol. The zero-order valence-electron chi connectivity index (χ0n) is 17.1. The Hall–Kier alpha value is -0.910. The second-order valence-electron chi connectivity index (χ2n) is 7.74. The fourth-order valence-corrected chi connectivity index (χ4v) is 5.20. The van der Waals surface area contributed by atoms with Gasteiger partial charge in [-0.3, -0.25) is 0 Å². The molecule has 154 valence electrons. The molecule has 1 aliphatic heterocycles. The minimum atomic E-state index is -3.32. The molecule has 0 amide bonds. The van der Waals surface area contributed by atoms with Gasteiger partial charge in [-0.25, -0.2) is 8.42 Å². The molecule has 0 saturated carbocycles. The highest BCUT2D eigenvalue weighted by Crippen LogP contribution is 2.17. The Bertz CT molecular complexity index is 596. The normalized spacial score (nSPS) is 16.6. The van der Waals surface area contributed by atoms with Crippen LogP contribution in [0, 0.1) is 0 Å². The van der Waals surface area contributed by atoms with E-state index in [0.29, 0.717) is 18.0 Å². The predicted octanol–water partition coefficient (Wildman–Crippen LogP) is 4.91. The Morgan fingerprint density at radius 3 is 1.81 bits per heavy atom. The fraction of sp³-hybridized carbons (Fsp3) is 0.727. The van der Waals surface area contributed by atoms with E-state index < -0.39 is 10.0 Å². The van der Waals surface area contributed by atoms with Crippen LogP contribution < -0.4 is 0 Å². The van der Waals surface area contributed by atoms with Crippen molar-refractivity contribution in [2.75, 3.05) is 32.7 Å². The second kappa shape index (κ2) is 12.5. The minimum absolute atomic E-state index is 0.410. The second-order valence-corrected chi connectivity index (χ2v) is 9.68. The lowest BCUT2D eigenvalue weighted by molar-refractivity contribution is 0.185. The van der Waals surface area contributed by atoms with Crippen molar-refractivity contribution in [2.45, 2.75) is 76.0 Å². The molecule has 2 rings (SSSR count). The molecule has 0 atom stereocenters. The van der Waals surface area contributed by atoms with Crippen molar-refractivity contribution < 1.29 is 8.42 Å². The lowest BCUT2D eigenvalue weighted by Gasteiger charge is -2.34. The van der Waals surface area contributed by atoms with Gasteiger partial charge in [-0.1, -0.05) is 82.9 Å². The van der Waals surface area contributed by atoms with Crippen molar-refractivity contribution in [3.8, 4) is 0 Å². The third-order valence-electron chi connectivity index (χ3n) is 5.54. The summed E-state index contributed by atoms with van der Waals surface area (Å²) in [5, 5.41) is 0. The van der Waals surface area contributed by atoms with Crippen molar-refractivity contribution in [1.29, 1.82) is 0 Å². The molecular formula is C22H38N2O2S. The summed E-state index contributed by atoms with van der Waals surface area (Å²) in [5.41, 5.74) is 0. The Balaban J connectivity index is 1.54. The number of hydrogen-bond donors (Lipinski definition) is 0. The molecule has 4 nitrogen and oxygen atoms in total. The first kappa shape index (κ1) is 22.4. The van der Waals surface area contributed by atoms with Gasteiger partial charge in [0.2, 0.25) is 10.0 Å². The Morgan fingerprint density at radius 1 is 0.741 bits per heavy atom. The van der Waals surface area contributed by atoms with Gasteiger partial charge >= 0.3 is 0 Å². The number of piperazine rings is 1. The van der Waals surface area contributed by atoms with Crippen molar-refractivity contribution in [3.05, 3.63) is 30.3 Å². The van der Waals surface area contributed by atoms with Crippen LogP contribution in [0.5, 0.6) is 0 Å². The first-order valence-electron chi connectivity index (χ1n) is 10.9. The van der Waals surface area contributed by atoms with Crippen LogP contribution >= 0.6 is 0 Å². The van der Waals surface area contributed by atoms with Gasteiger partial charge in [0.25, 0.3) is 0 Å². The molecule has 5 heteroatoms. The van der Waals surface area contributed by atoms with E-state index in [9.17, 15) is 8.42 Å². The van der Waals surface area contributed by atoms with E-state index in [1.807, 2.05) is 6.07 Å². The molecule has 0 unspecified atom stereocenters. The smallest absolute Gasteiger partial charge is 0.243 e. The molecule has 0 aromatic heterocycles. The van der Waals surface area contributed by atoms with E-state index in [1.165, 1.54) is 64.2 Å². The van der Waals surface area contributed by atoms with Gasteiger partial charge in [-0.2, -0.15) is 4.31 Å². The zero-order valence-corrected chi connectivity index (χ0v) is 17.9. The molecule has 1 heterocycles. The molecule has 1 aromatic carbocycles. The van der Waals surface area contributed by atoms with Crippen LogP contribution in [0.1, 0.15) is 71.1 Å². The maximum Gasteiger partial charge on any atom is 0.243 e. The minimum Gasteiger partial charge on any atom is -0.301 e. The van der Waals surface area contributed by atoms with Gasteiger partial charge in [0.1, 0.15) is 0 Å². The van der Waals surface area contributed by atoms with E-state index in [4.69, 9.17) is 0 Å². The maximum atomic E-state index is 12.6. The molecule has 27 heavy (non-hydrogen) atoms. The first-order valence-corrected chi connectivity index (χ1v) is 12.4. The Labute approximate surface area is 167 Å². The highest BCUT2D eigenvalue weighted by atomic mass is 32.2. The highest BCUT2D eigenvalue weighted by molar-refractivity contribution is 7.89. The molecule has 0 aliphatic carbocycles. The van der Waals surface area contributed by atoms with Crippen LogP contribution in [0.4, 0.5) is 0 Å². The number of nitrogens with zero attached hydrogens (tertiary/aromatic N) is 2. The van der Waals surface area contributed by atoms with Gasteiger partial charge in [-0.15, -0.1) is 0 Å². The summed E-state index contributed by atoms with van der Waals surface area (Å²) in [6.45, 7) is 6.29. The van der Waals surface area contributed by atoms with Crippen LogP contribution in [0.3, 0.4) is 0 Å². The zero-order chi connectivity index (χ0) is 19.4. The summed E-state index contributed by atoms with van der Waals surface area (Å²) in [6.07, 6.45) is 13.6. The fourth-order valence-electron chi connectivity index (χ4n) is 3.76. The molecule has 1 aromatic rings. The van der Waals surface area contributed by atoms with E-state index in [-0.39, 0.29) is 0 Å². The average Bonchev–Trinajstić information content (AvgIpc) is 2.70. The number of sulfonamides is 1. The van der Waals surface area contributed by atoms with Crippen LogP contribution in [-0.4, -0.2) is 50.3 Å². The van der Waals surface area contributed by atoms with Crippen molar-refractivity contribution in [1.82, 2.24) is 9.21 Å². The Kier molecular flexibility index (Phi) is 10.4. The lowest BCUT2D eigenvalue weighted by atomic mass is 10.1. The molecule has 1 saturated heterocycles. The Morgan fingerprint density at radius 2 is 1.26 bits per heavy atom. The molecule has 0 bridgehead atoms. The molecule has 1 aliphatic rings. The van der Waals surface area contributed by atoms with E-state index >= 15 is 0 Å². The van der Waals surface area contributed by atoms with Crippen LogP contribution in [-0.2, 0) is 10.0 Å². The van der Waals surface area contributed by atoms with Gasteiger partial charge < -0.3 is 4.90 Å².